The monoisotopic (exact) mass is 443 g/mol. The van der Waals surface area contributed by atoms with Gasteiger partial charge in [-0.3, -0.25) is 4.90 Å². The van der Waals surface area contributed by atoms with Crippen LogP contribution in [-0.4, -0.2) is 38.3 Å². The third-order valence-electron chi connectivity index (χ3n) is 5.76. The van der Waals surface area contributed by atoms with Crippen LogP contribution in [0, 0.1) is 11.3 Å². The SMILES string of the molecule is CCOc1ccc(/C=C2\CN(C)CC3=C2OC(N)=C(C#N)C3c2ccc(OCC)cc2)cc1. The zero-order valence-corrected chi connectivity index (χ0v) is 19.3. The molecular weight excluding hydrogens is 414 g/mol. The Morgan fingerprint density at radius 3 is 2.21 bits per heavy atom. The van der Waals surface area contributed by atoms with Crippen molar-refractivity contribution in [3.8, 4) is 17.6 Å². The first-order valence-corrected chi connectivity index (χ1v) is 11.2. The Morgan fingerprint density at radius 1 is 1.03 bits per heavy atom. The molecule has 2 aliphatic rings. The molecule has 0 saturated carbocycles. The molecule has 170 valence electrons. The molecule has 0 bridgehead atoms. The van der Waals surface area contributed by atoms with Crippen molar-refractivity contribution in [2.45, 2.75) is 19.8 Å². The summed E-state index contributed by atoms with van der Waals surface area (Å²) in [7, 11) is 2.07. The second-order valence-corrected chi connectivity index (χ2v) is 8.13. The fourth-order valence-electron chi connectivity index (χ4n) is 4.37. The van der Waals surface area contributed by atoms with E-state index in [1.807, 2.05) is 62.4 Å². The second kappa shape index (κ2) is 9.85. The number of nitriles is 1. The summed E-state index contributed by atoms with van der Waals surface area (Å²) in [5.74, 6) is 2.31. The van der Waals surface area contributed by atoms with Crippen LogP contribution in [0.5, 0.6) is 11.5 Å². The van der Waals surface area contributed by atoms with E-state index in [0.717, 1.165) is 46.1 Å². The number of benzene rings is 2. The van der Waals surface area contributed by atoms with Crippen molar-refractivity contribution in [1.82, 2.24) is 4.90 Å². The summed E-state index contributed by atoms with van der Waals surface area (Å²) in [5.41, 5.74) is 10.8. The average molecular weight is 444 g/mol. The molecule has 0 aromatic heterocycles. The van der Waals surface area contributed by atoms with Gasteiger partial charge in [0, 0.05) is 18.7 Å². The largest absolute Gasteiger partial charge is 0.494 e. The minimum Gasteiger partial charge on any atom is -0.494 e. The Labute approximate surface area is 195 Å². The van der Waals surface area contributed by atoms with E-state index in [4.69, 9.17) is 19.9 Å². The van der Waals surface area contributed by atoms with Crippen LogP contribution in [0.2, 0.25) is 0 Å². The summed E-state index contributed by atoms with van der Waals surface area (Å²) >= 11 is 0. The summed E-state index contributed by atoms with van der Waals surface area (Å²) in [6, 6.07) is 18.1. The number of ether oxygens (including phenoxy) is 3. The van der Waals surface area contributed by atoms with E-state index in [1.165, 1.54) is 0 Å². The molecule has 0 fully saturated rings. The topological polar surface area (TPSA) is 80.7 Å². The molecule has 4 rings (SSSR count). The quantitative estimate of drug-likeness (QED) is 0.704. The van der Waals surface area contributed by atoms with Gasteiger partial charge >= 0.3 is 0 Å². The van der Waals surface area contributed by atoms with Gasteiger partial charge in [-0.05, 0) is 67.9 Å². The number of nitrogens with zero attached hydrogens (tertiary/aromatic N) is 2. The fourth-order valence-corrected chi connectivity index (χ4v) is 4.37. The predicted octanol–water partition coefficient (Wildman–Crippen LogP) is 4.57. The highest BCUT2D eigenvalue weighted by Gasteiger charge is 2.37. The van der Waals surface area contributed by atoms with Crippen LogP contribution in [0.15, 0.2) is 76.9 Å². The van der Waals surface area contributed by atoms with Crippen LogP contribution in [0.3, 0.4) is 0 Å². The maximum Gasteiger partial charge on any atom is 0.205 e. The number of likely N-dealkylation sites (N-methyl/N-ethyl adjacent to an activating group) is 1. The Kier molecular flexibility index (Phi) is 6.71. The van der Waals surface area contributed by atoms with E-state index in [1.54, 1.807) is 0 Å². The van der Waals surface area contributed by atoms with Gasteiger partial charge in [0.05, 0.1) is 19.1 Å². The minimum absolute atomic E-state index is 0.164. The van der Waals surface area contributed by atoms with E-state index >= 15 is 0 Å². The van der Waals surface area contributed by atoms with E-state index in [2.05, 4.69) is 24.1 Å². The molecule has 6 heteroatoms. The Bertz CT molecular complexity index is 1140. The Morgan fingerprint density at radius 2 is 1.64 bits per heavy atom. The van der Waals surface area contributed by atoms with E-state index in [-0.39, 0.29) is 11.8 Å². The van der Waals surface area contributed by atoms with Crippen molar-refractivity contribution in [2.24, 2.45) is 5.73 Å². The maximum atomic E-state index is 9.90. The van der Waals surface area contributed by atoms with Gasteiger partial charge in [-0.1, -0.05) is 24.3 Å². The number of hydrogen-bond donors (Lipinski definition) is 1. The summed E-state index contributed by atoms with van der Waals surface area (Å²) in [5, 5.41) is 9.90. The van der Waals surface area contributed by atoms with Crippen LogP contribution in [0.1, 0.15) is 30.9 Å². The lowest BCUT2D eigenvalue weighted by atomic mass is 9.80. The Hall–Kier alpha value is -3.69. The minimum atomic E-state index is -0.263. The molecule has 1 atom stereocenters. The summed E-state index contributed by atoms with van der Waals surface area (Å²) in [4.78, 5) is 2.22. The molecule has 2 N–H and O–H groups in total. The first kappa shape index (κ1) is 22.5. The number of hydrogen-bond acceptors (Lipinski definition) is 6. The molecule has 33 heavy (non-hydrogen) atoms. The molecule has 0 radical (unpaired) electrons. The normalized spacial score (nSPS) is 19.7. The van der Waals surface area contributed by atoms with Gasteiger partial charge in [-0.15, -0.1) is 0 Å². The highest BCUT2D eigenvalue weighted by molar-refractivity contribution is 5.63. The molecule has 1 unspecified atom stereocenters. The van der Waals surface area contributed by atoms with Crippen LogP contribution in [0.25, 0.3) is 6.08 Å². The maximum absolute atomic E-state index is 9.90. The highest BCUT2D eigenvalue weighted by atomic mass is 16.5. The molecule has 0 spiro atoms. The predicted molar refractivity (Wildman–Crippen MR) is 128 cm³/mol. The summed E-state index contributed by atoms with van der Waals surface area (Å²) in [6.07, 6.45) is 2.11. The van der Waals surface area contributed by atoms with Crippen molar-refractivity contribution >= 4 is 6.08 Å². The molecule has 2 aromatic rings. The third kappa shape index (κ3) is 4.74. The first-order chi connectivity index (χ1) is 16.0. The van der Waals surface area contributed by atoms with Crippen molar-refractivity contribution < 1.29 is 14.2 Å². The molecule has 0 amide bonds. The molecule has 2 aromatic carbocycles. The van der Waals surface area contributed by atoms with Gasteiger partial charge < -0.3 is 19.9 Å². The molecule has 2 heterocycles. The summed E-state index contributed by atoms with van der Waals surface area (Å²) in [6.45, 7) is 6.57. The third-order valence-corrected chi connectivity index (χ3v) is 5.76. The van der Waals surface area contributed by atoms with E-state index in [9.17, 15) is 5.26 Å². The lowest BCUT2D eigenvalue weighted by Crippen LogP contribution is -2.35. The van der Waals surface area contributed by atoms with Gasteiger partial charge in [0.25, 0.3) is 0 Å². The van der Waals surface area contributed by atoms with Crippen LogP contribution in [-0.2, 0) is 4.74 Å². The second-order valence-electron chi connectivity index (χ2n) is 8.13. The van der Waals surface area contributed by atoms with Crippen molar-refractivity contribution in [2.75, 3.05) is 33.4 Å². The smallest absolute Gasteiger partial charge is 0.205 e. The van der Waals surface area contributed by atoms with Crippen LogP contribution in [0.4, 0.5) is 0 Å². The molecule has 0 aliphatic carbocycles. The summed E-state index contributed by atoms with van der Waals surface area (Å²) < 4.78 is 17.2. The average Bonchev–Trinajstić information content (AvgIpc) is 2.81. The highest BCUT2D eigenvalue weighted by Crippen LogP contribution is 2.43. The zero-order valence-electron chi connectivity index (χ0n) is 19.3. The van der Waals surface area contributed by atoms with Gasteiger partial charge in [-0.2, -0.15) is 5.26 Å². The van der Waals surface area contributed by atoms with Gasteiger partial charge in [0.1, 0.15) is 28.9 Å². The number of rotatable bonds is 6. The first-order valence-electron chi connectivity index (χ1n) is 11.2. The van der Waals surface area contributed by atoms with Crippen molar-refractivity contribution in [3.63, 3.8) is 0 Å². The van der Waals surface area contributed by atoms with Crippen molar-refractivity contribution in [3.05, 3.63) is 88.0 Å². The lowest BCUT2D eigenvalue weighted by Gasteiger charge is -2.36. The van der Waals surface area contributed by atoms with Crippen LogP contribution < -0.4 is 15.2 Å². The molecular formula is C27H29N3O3. The van der Waals surface area contributed by atoms with Gasteiger partial charge in [0.2, 0.25) is 5.88 Å². The van der Waals surface area contributed by atoms with E-state index in [0.29, 0.717) is 25.3 Å². The molecule has 2 aliphatic heterocycles. The molecule has 0 saturated heterocycles. The number of allylic oxidation sites excluding steroid dienone is 1. The standard InChI is InChI=1S/C27H29N3O3/c1-4-31-21-10-6-18(7-11-21)14-20-16-30(3)17-24-25(23(15-28)27(29)33-26(20)24)19-8-12-22(13-9-19)32-5-2/h6-14,25H,4-5,16-17,29H2,1-3H3/b20-14+. The van der Waals surface area contributed by atoms with Gasteiger partial charge in [-0.25, -0.2) is 0 Å². The Balaban J connectivity index is 1.76. The van der Waals surface area contributed by atoms with E-state index < -0.39 is 0 Å². The molecule has 6 nitrogen and oxygen atoms in total. The fraction of sp³-hybridized carbons (Fsp3) is 0.296. The lowest BCUT2D eigenvalue weighted by molar-refractivity contribution is 0.251. The van der Waals surface area contributed by atoms with Gasteiger partial charge in [0.15, 0.2) is 0 Å². The van der Waals surface area contributed by atoms with Crippen molar-refractivity contribution in [1.29, 1.82) is 5.26 Å². The number of nitrogens with two attached hydrogens (primary N) is 1. The zero-order chi connectivity index (χ0) is 23.4. The van der Waals surface area contributed by atoms with Crippen LogP contribution >= 0.6 is 0 Å².